The molecule has 0 aliphatic heterocycles. The zero-order valence-electron chi connectivity index (χ0n) is 16.5. The molecule has 0 aromatic heterocycles. The van der Waals surface area contributed by atoms with Crippen molar-refractivity contribution in [2.24, 2.45) is 0 Å². The summed E-state index contributed by atoms with van der Waals surface area (Å²) in [4.78, 5) is 25.9. The van der Waals surface area contributed by atoms with Crippen LogP contribution in [0, 0.1) is 6.92 Å². The van der Waals surface area contributed by atoms with Gasteiger partial charge < -0.3 is 15.6 Å². The van der Waals surface area contributed by atoms with Crippen molar-refractivity contribution in [3.05, 3.63) is 80.8 Å². The Morgan fingerprint density at radius 2 is 1.55 bits per heavy atom. The number of hydrogen-bond donors (Lipinski definition) is 2. The number of ketones is 2. The van der Waals surface area contributed by atoms with Crippen molar-refractivity contribution in [3.8, 4) is 0 Å². The number of nitrogens with two attached hydrogens (primary N) is 1. The van der Waals surface area contributed by atoms with E-state index in [0.717, 1.165) is 0 Å². The third-order valence-electron chi connectivity index (χ3n) is 4.92. The maximum absolute atomic E-state index is 13.2. The first-order valence-corrected chi connectivity index (χ1v) is 10.9. The van der Waals surface area contributed by atoms with Crippen LogP contribution in [0.15, 0.2) is 57.9 Å². The first-order valence-electron chi connectivity index (χ1n) is 8.73. The van der Waals surface area contributed by atoms with Crippen molar-refractivity contribution in [3.63, 3.8) is 0 Å². The number of nitrogens with one attached hydrogen (secondary N) is 1. The molecule has 0 spiro atoms. The van der Waals surface area contributed by atoms with Gasteiger partial charge in [-0.25, -0.2) is 8.42 Å². The van der Waals surface area contributed by atoms with Crippen LogP contribution < -0.4 is 40.6 Å². The summed E-state index contributed by atoms with van der Waals surface area (Å²) in [5, 5.41) is 2.96. The van der Waals surface area contributed by atoms with Crippen LogP contribution >= 0.6 is 15.9 Å². The summed E-state index contributed by atoms with van der Waals surface area (Å²) in [5.74, 6) is -0.764. The largest absolute Gasteiger partial charge is 1.00 e. The minimum absolute atomic E-state index is 0. The molecule has 0 amide bonds. The maximum atomic E-state index is 13.2. The van der Waals surface area contributed by atoms with E-state index in [-0.39, 0.29) is 85.3 Å². The second-order valence-corrected chi connectivity index (χ2v) is 9.04. The first kappa shape index (κ1) is 23.6. The topological polar surface area (TPSA) is 129 Å². The molecule has 0 bridgehead atoms. The molecule has 0 atom stereocenters. The van der Waals surface area contributed by atoms with E-state index < -0.39 is 10.1 Å². The minimum atomic E-state index is -4.68. The number of rotatable bonds is 3. The second kappa shape index (κ2) is 8.50. The fourth-order valence-electron chi connectivity index (χ4n) is 3.49. The van der Waals surface area contributed by atoms with Gasteiger partial charge in [-0.3, -0.25) is 9.59 Å². The Kier molecular flexibility index (Phi) is 6.48. The van der Waals surface area contributed by atoms with Crippen LogP contribution in [-0.4, -0.2) is 24.5 Å². The van der Waals surface area contributed by atoms with Gasteiger partial charge in [-0.15, -0.1) is 0 Å². The predicted molar refractivity (Wildman–Crippen MR) is 114 cm³/mol. The Morgan fingerprint density at radius 3 is 2.13 bits per heavy atom. The summed E-state index contributed by atoms with van der Waals surface area (Å²) < 4.78 is 34.9. The molecule has 3 aromatic carbocycles. The van der Waals surface area contributed by atoms with E-state index in [4.69, 9.17) is 5.73 Å². The summed E-state index contributed by atoms with van der Waals surface area (Å²) in [6, 6.07) is 12.2. The Bertz CT molecular complexity index is 1370. The van der Waals surface area contributed by atoms with E-state index in [0.29, 0.717) is 10.0 Å². The van der Waals surface area contributed by atoms with Gasteiger partial charge in [0.05, 0.1) is 27.4 Å². The van der Waals surface area contributed by atoms with E-state index in [2.05, 4.69) is 21.2 Å². The van der Waals surface area contributed by atoms with E-state index in [1.807, 2.05) is 0 Å². The number of halogens is 1. The van der Waals surface area contributed by atoms with Gasteiger partial charge in [-0.05, 0) is 46.6 Å². The minimum Gasteiger partial charge on any atom is -0.744 e. The molecule has 31 heavy (non-hydrogen) atoms. The van der Waals surface area contributed by atoms with Crippen LogP contribution in [0.2, 0.25) is 0 Å². The molecule has 0 unspecified atom stereocenters. The number of carbonyl (C=O) groups is 2. The van der Waals surface area contributed by atoms with Crippen molar-refractivity contribution < 1.29 is 52.1 Å². The van der Waals surface area contributed by atoms with Crippen molar-refractivity contribution >= 4 is 54.7 Å². The molecule has 10 heteroatoms. The number of aryl methyl sites for hydroxylation is 1. The fourth-order valence-corrected chi connectivity index (χ4v) is 4.65. The van der Waals surface area contributed by atoms with Gasteiger partial charge in [0.15, 0.2) is 11.6 Å². The van der Waals surface area contributed by atoms with Gasteiger partial charge in [0.2, 0.25) is 0 Å². The van der Waals surface area contributed by atoms with Crippen LogP contribution in [0.4, 0.5) is 17.1 Å². The van der Waals surface area contributed by atoms with Crippen LogP contribution in [0.1, 0.15) is 37.4 Å². The third-order valence-corrected chi connectivity index (χ3v) is 6.56. The molecule has 0 radical (unpaired) electrons. The van der Waals surface area contributed by atoms with Gasteiger partial charge in [0.1, 0.15) is 10.1 Å². The van der Waals surface area contributed by atoms with Crippen LogP contribution in [0.3, 0.4) is 0 Å². The molecule has 3 N–H and O–H groups in total. The van der Waals surface area contributed by atoms with E-state index in [9.17, 15) is 22.6 Å². The molecule has 4 rings (SSSR count). The number of nitrogen functional groups attached to an aromatic ring is 1. The number of hydrogen-bond acceptors (Lipinski definition) is 7. The first-order chi connectivity index (χ1) is 14.1. The number of benzene rings is 3. The number of fused-ring (bicyclic) bond motifs is 2. The van der Waals surface area contributed by atoms with E-state index in [1.165, 1.54) is 19.1 Å². The summed E-state index contributed by atoms with van der Waals surface area (Å²) in [5.41, 5.74) is 7.76. The van der Waals surface area contributed by atoms with Crippen molar-refractivity contribution in [1.82, 2.24) is 0 Å². The molecule has 3 aromatic rings. The summed E-state index contributed by atoms with van der Waals surface area (Å²) in [6.07, 6.45) is 0. The average Bonchev–Trinajstić information content (AvgIpc) is 2.69. The monoisotopic (exact) mass is 508 g/mol. The molecular formula is C21H14BrN2NaO5S. The predicted octanol–water partition coefficient (Wildman–Crippen LogP) is 0.767. The van der Waals surface area contributed by atoms with Crippen LogP contribution in [0.25, 0.3) is 0 Å². The maximum Gasteiger partial charge on any atom is 1.00 e. The Balaban J connectivity index is 0.00000272. The zero-order valence-corrected chi connectivity index (χ0v) is 20.9. The van der Waals surface area contributed by atoms with Gasteiger partial charge >= 0.3 is 29.6 Å². The van der Waals surface area contributed by atoms with E-state index >= 15 is 0 Å². The standard InChI is InChI=1S/C21H15BrN2O5S.Na/c1-10-6-7-11(8-16(10)30(27,28)29)24-15-9-14(22)19(23)18-17(15)20(25)12-4-2-3-5-13(12)21(18)26;/h2-9,24H,23H2,1H3,(H,27,28,29);/q;+1/p-1. The van der Waals surface area contributed by atoms with Gasteiger partial charge in [-0.1, -0.05) is 30.3 Å². The second-order valence-electron chi connectivity index (χ2n) is 6.83. The van der Waals surface area contributed by atoms with Gasteiger partial charge in [-0.2, -0.15) is 0 Å². The molecule has 1 aliphatic carbocycles. The third kappa shape index (κ3) is 4.09. The molecular weight excluding hydrogens is 495 g/mol. The molecule has 0 fully saturated rings. The Labute approximate surface area is 209 Å². The SMILES string of the molecule is Cc1ccc(Nc2cc(Br)c(N)c3c2C(=O)c2ccccc2C3=O)cc1S(=O)(=O)[O-].[Na+]. The summed E-state index contributed by atoms with van der Waals surface area (Å²) in [7, 11) is -4.68. The Hall–Kier alpha value is -2.01. The molecule has 0 saturated carbocycles. The van der Waals surface area contributed by atoms with Gasteiger partial charge in [0, 0.05) is 21.3 Å². The van der Waals surface area contributed by atoms with Crippen molar-refractivity contribution in [2.75, 3.05) is 11.1 Å². The van der Waals surface area contributed by atoms with Crippen molar-refractivity contribution in [2.45, 2.75) is 11.8 Å². The zero-order chi connectivity index (χ0) is 21.8. The smallest absolute Gasteiger partial charge is 0.744 e. The molecule has 1 aliphatic rings. The molecule has 152 valence electrons. The number of anilines is 3. The quantitative estimate of drug-likeness (QED) is 0.237. The van der Waals surface area contributed by atoms with Crippen molar-refractivity contribution in [1.29, 1.82) is 0 Å². The average molecular weight is 509 g/mol. The number of carbonyl (C=O) groups excluding carboxylic acids is 2. The molecule has 0 saturated heterocycles. The molecule has 0 heterocycles. The summed E-state index contributed by atoms with van der Waals surface area (Å²) in [6.45, 7) is 1.51. The molecule has 7 nitrogen and oxygen atoms in total. The van der Waals surface area contributed by atoms with Crippen LogP contribution in [-0.2, 0) is 10.1 Å². The van der Waals surface area contributed by atoms with Gasteiger partial charge in [0.25, 0.3) is 0 Å². The normalized spacial score (nSPS) is 12.6. The summed E-state index contributed by atoms with van der Waals surface area (Å²) >= 11 is 3.31. The van der Waals surface area contributed by atoms with Crippen LogP contribution in [0.5, 0.6) is 0 Å². The fraction of sp³-hybridized carbons (Fsp3) is 0.0476. The van der Waals surface area contributed by atoms with E-state index in [1.54, 1.807) is 36.4 Å². The Morgan fingerprint density at radius 1 is 0.968 bits per heavy atom.